The average molecular weight is 960 g/mol. The Kier molecular flexibility index (Phi) is 11.7. The summed E-state index contributed by atoms with van der Waals surface area (Å²) in [4.78, 5) is 44.2. The van der Waals surface area contributed by atoms with E-state index < -0.39 is 0 Å². The smallest absolute Gasteiger partial charge is 0.228 e. The number of pyridine rings is 2. The molecule has 0 bridgehead atoms. The number of morpholine rings is 2. The van der Waals surface area contributed by atoms with Crippen molar-refractivity contribution < 1.29 is 19.1 Å². The van der Waals surface area contributed by atoms with Crippen LogP contribution in [-0.4, -0.2) is 112 Å². The number of nitrogens with one attached hydrogen (secondary N) is 2. The Morgan fingerprint density at radius 1 is 0.609 bits per heavy atom. The first-order valence-electron chi connectivity index (χ1n) is 23.9. The zero-order valence-corrected chi connectivity index (χ0v) is 40.3. The first-order valence-corrected chi connectivity index (χ1v) is 25.6. The van der Waals surface area contributed by atoms with Gasteiger partial charge >= 0.3 is 0 Å². The number of piperidine rings is 1. The first-order chi connectivity index (χ1) is 33.7. The number of hydrogen-bond donors (Lipinski definition) is 2. The highest BCUT2D eigenvalue weighted by Crippen LogP contribution is 2.41. The third-order valence-electron chi connectivity index (χ3n) is 13.7. The number of aromatic nitrogens is 6. The van der Waals surface area contributed by atoms with Gasteiger partial charge < -0.3 is 29.9 Å². The predicted molar refractivity (Wildman–Crippen MR) is 273 cm³/mol. The number of benzene rings is 2. The molecule has 1 saturated carbocycles. The number of carbonyl (C=O) groups excluding carboxylic acids is 2. The molecule has 15 nitrogen and oxygen atoms in total. The summed E-state index contributed by atoms with van der Waals surface area (Å²) in [5.74, 6) is 1.52. The van der Waals surface area contributed by atoms with Crippen molar-refractivity contribution in [3.63, 3.8) is 0 Å². The second kappa shape index (κ2) is 18.4. The van der Waals surface area contributed by atoms with Crippen LogP contribution in [0.15, 0.2) is 97.3 Å². The molecule has 0 spiro atoms. The molecule has 12 rings (SSSR count). The number of aryl methyl sites for hydroxylation is 2. The Labute approximate surface area is 407 Å². The van der Waals surface area contributed by atoms with Crippen LogP contribution in [0.2, 0.25) is 0 Å². The second-order valence-electron chi connectivity index (χ2n) is 18.6. The van der Waals surface area contributed by atoms with Crippen LogP contribution in [0.5, 0.6) is 0 Å². The third kappa shape index (κ3) is 9.12. The fourth-order valence-electron chi connectivity index (χ4n) is 9.75. The van der Waals surface area contributed by atoms with Crippen LogP contribution in [0.1, 0.15) is 36.8 Å². The minimum absolute atomic E-state index is 0.0357. The first kappa shape index (κ1) is 43.8. The molecule has 2 aromatic carbocycles. The quantitative estimate of drug-likeness (QED) is 0.128. The molecule has 6 aromatic heterocycles. The molecule has 4 aliphatic rings. The largest absolute Gasteiger partial charge is 0.378 e. The number of anilines is 4. The highest BCUT2D eigenvalue weighted by molar-refractivity contribution is 7.23. The fraction of sp³-hybridized carbons (Fsp3) is 0.346. The van der Waals surface area contributed by atoms with Gasteiger partial charge in [-0.15, -0.1) is 22.7 Å². The molecule has 3 saturated heterocycles. The standard InChI is InChI=1S/C52H53N11O4S2/c1-32-5-3-7-36(25-32)38-13-17-62(57-38)44-29-42(59-19-22-66-23-20-59)49-40(53-44)27-47(68-49)56-52(65)35-11-15-60(16-12-35)48-31-61(21-24-67-48)43-30-45(63-18-14-39(58-63)37-8-4-6-33(2)26-37)54-41-28-46(69-50(41)43)55-51(64)34-9-10-34/h3-8,13-14,17-18,25-30,34-35,48H,9-12,15-16,19-24,31H2,1-2H3,(H,55,64)(H,56,65). The van der Waals surface area contributed by atoms with E-state index in [4.69, 9.17) is 29.6 Å². The molecule has 17 heteroatoms. The van der Waals surface area contributed by atoms with Crippen LogP contribution < -0.4 is 20.4 Å². The van der Waals surface area contributed by atoms with E-state index in [1.165, 1.54) is 11.1 Å². The maximum absolute atomic E-state index is 14.0. The Morgan fingerprint density at radius 3 is 1.67 bits per heavy atom. The minimum Gasteiger partial charge on any atom is -0.378 e. The van der Waals surface area contributed by atoms with Gasteiger partial charge in [0.15, 0.2) is 11.6 Å². The average Bonchev–Trinajstić information content (AvgIpc) is 3.70. The topological polar surface area (TPSA) is 148 Å². The molecule has 9 heterocycles. The minimum atomic E-state index is -0.148. The number of nitrogens with zero attached hydrogens (tertiary/aromatic N) is 9. The number of amides is 2. The molecule has 1 atom stereocenters. The van der Waals surface area contributed by atoms with E-state index in [0.29, 0.717) is 38.7 Å². The van der Waals surface area contributed by atoms with E-state index in [1.54, 1.807) is 22.7 Å². The maximum Gasteiger partial charge on any atom is 0.228 e. The highest BCUT2D eigenvalue weighted by atomic mass is 32.1. The SMILES string of the molecule is Cc1cccc(-c2ccn(-c3cc(N4CCOCC4)c4sc(NC(=O)C5CCN(C6CN(c7cc(-n8ccc(-c9cccc(C)c9)n8)nc8cc(NC(=O)C9CC9)sc78)CCO6)CC5)cc4n3)n2)c1. The molecule has 2 amide bonds. The third-order valence-corrected chi connectivity index (χ3v) is 15.8. The summed E-state index contributed by atoms with van der Waals surface area (Å²) in [6, 6.07) is 29.0. The molecular weight excluding hydrogens is 907 g/mol. The monoisotopic (exact) mass is 959 g/mol. The van der Waals surface area contributed by atoms with Crippen LogP contribution in [0, 0.1) is 25.7 Å². The predicted octanol–water partition coefficient (Wildman–Crippen LogP) is 8.93. The zero-order valence-electron chi connectivity index (χ0n) is 38.6. The summed E-state index contributed by atoms with van der Waals surface area (Å²) < 4.78 is 17.9. The van der Waals surface area contributed by atoms with Gasteiger partial charge in [-0.1, -0.05) is 47.5 Å². The van der Waals surface area contributed by atoms with E-state index in [2.05, 4.69) is 93.8 Å². The summed E-state index contributed by atoms with van der Waals surface area (Å²) in [7, 11) is 0. The van der Waals surface area contributed by atoms with Gasteiger partial charge in [-0.05, 0) is 75.9 Å². The van der Waals surface area contributed by atoms with E-state index >= 15 is 0 Å². The van der Waals surface area contributed by atoms with E-state index in [9.17, 15) is 9.59 Å². The van der Waals surface area contributed by atoms with E-state index in [-0.39, 0.29) is 29.9 Å². The van der Waals surface area contributed by atoms with Crippen LogP contribution in [0.4, 0.5) is 21.4 Å². The molecule has 352 valence electrons. The second-order valence-corrected chi connectivity index (χ2v) is 20.7. The normalized spacial score (nSPS) is 18.3. The number of thiophene rings is 2. The summed E-state index contributed by atoms with van der Waals surface area (Å²) in [5.41, 5.74) is 9.99. The van der Waals surface area contributed by atoms with Gasteiger partial charge in [-0.3, -0.25) is 14.5 Å². The van der Waals surface area contributed by atoms with Gasteiger partial charge in [0.1, 0.15) is 6.23 Å². The number of carbonyl (C=O) groups is 2. The van der Waals surface area contributed by atoms with Gasteiger partial charge in [-0.2, -0.15) is 10.2 Å². The van der Waals surface area contributed by atoms with E-state index in [1.807, 2.05) is 52.1 Å². The Bertz CT molecular complexity index is 3210. The molecule has 3 aliphatic heterocycles. The molecule has 8 aromatic rings. The van der Waals surface area contributed by atoms with Gasteiger partial charge in [0, 0.05) is 80.2 Å². The van der Waals surface area contributed by atoms with Gasteiger partial charge in [0.25, 0.3) is 0 Å². The van der Waals surface area contributed by atoms with Crippen LogP contribution in [0.25, 0.3) is 54.6 Å². The molecule has 0 radical (unpaired) electrons. The fourth-order valence-corrected chi connectivity index (χ4v) is 11.8. The van der Waals surface area contributed by atoms with Crippen LogP contribution >= 0.6 is 22.7 Å². The number of rotatable bonds is 11. The van der Waals surface area contributed by atoms with Crippen molar-refractivity contribution in [3.05, 3.63) is 108 Å². The summed E-state index contributed by atoms with van der Waals surface area (Å²) >= 11 is 3.15. The molecule has 4 fully saturated rings. The lowest BCUT2D eigenvalue weighted by Crippen LogP contribution is -2.53. The zero-order chi connectivity index (χ0) is 46.6. The molecule has 1 aliphatic carbocycles. The van der Waals surface area contributed by atoms with Crippen molar-refractivity contribution in [2.45, 2.75) is 45.8 Å². The van der Waals surface area contributed by atoms with Gasteiger partial charge in [-0.25, -0.2) is 19.3 Å². The maximum atomic E-state index is 14.0. The lowest BCUT2D eigenvalue weighted by atomic mass is 9.95. The van der Waals surface area contributed by atoms with Crippen molar-refractivity contribution in [2.24, 2.45) is 11.8 Å². The Balaban J connectivity index is 0.746. The number of hydrogen-bond acceptors (Lipinski definition) is 13. The number of fused-ring (bicyclic) bond motifs is 2. The van der Waals surface area contributed by atoms with Crippen LogP contribution in [-0.2, 0) is 19.1 Å². The number of likely N-dealkylation sites (tertiary alicyclic amines) is 1. The van der Waals surface area contributed by atoms with Crippen molar-refractivity contribution in [1.29, 1.82) is 0 Å². The summed E-state index contributed by atoms with van der Waals surface area (Å²) in [5, 5.41) is 17.9. The van der Waals surface area contributed by atoms with Gasteiger partial charge in [0.2, 0.25) is 11.8 Å². The summed E-state index contributed by atoms with van der Waals surface area (Å²) in [6.07, 6.45) is 7.10. The lowest BCUT2D eigenvalue weighted by Gasteiger charge is -2.42. The van der Waals surface area contributed by atoms with Crippen molar-refractivity contribution in [1.82, 2.24) is 34.4 Å². The summed E-state index contributed by atoms with van der Waals surface area (Å²) in [6.45, 7) is 10.4. The molecule has 2 N–H and O–H groups in total. The van der Waals surface area contributed by atoms with E-state index in [0.717, 1.165) is 122 Å². The molecule has 69 heavy (non-hydrogen) atoms. The Morgan fingerprint density at radius 2 is 1.13 bits per heavy atom. The van der Waals surface area contributed by atoms with Gasteiger partial charge in [0.05, 0.1) is 79.6 Å². The van der Waals surface area contributed by atoms with Crippen LogP contribution in [0.3, 0.4) is 0 Å². The van der Waals surface area contributed by atoms with Crippen molar-refractivity contribution in [2.75, 3.05) is 79.5 Å². The Hall–Kier alpha value is -6.50. The van der Waals surface area contributed by atoms with Crippen molar-refractivity contribution in [3.8, 4) is 34.2 Å². The molecular formula is C52H53N11O4S2. The van der Waals surface area contributed by atoms with Crippen molar-refractivity contribution >= 4 is 76.3 Å². The molecule has 1 unspecified atom stereocenters. The number of ether oxygens (including phenoxy) is 2. The lowest BCUT2D eigenvalue weighted by molar-refractivity contribution is -0.124. The highest BCUT2D eigenvalue weighted by Gasteiger charge is 2.34.